The molecule has 0 aliphatic heterocycles. The number of aliphatic hydroxyl groups excluding tert-OH is 1. The van der Waals surface area contributed by atoms with Gasteiger partial charge in [-0.15, -0.1) is 0 Å². The van der Waals surface area contributed by atoms with Crippen molar-refractivity contribution in [3.63, 3.8) is 0 Å². The van der Waals surface area contributed by atoms with Gasteiger partial charge in [-0.3, -0.25) is 0 Å². The van der Waals surface area contributed by atoms with Gasteiger partial charge in [-0.1, -0.05) is 83.1 Å². The van der Waals surface area contributed by atoms with Gasteiger partial charge >= 0.3 is 0 Å². The lowest BCUT2D eigenvalue weighted by atomic mass is 10.2. The number of hydrogen-bond donors (Lipinski definition) is 1. The molecule has 0 radical (unpaired) electrons. The molecule has 3 aromatic rings. The van der Waals surface area contributed by atoms with Crippen LogP contribution < -0.4 is 28.4 Å². The van der Waals surface area contributed by atoms with Gasteiger partial charge in [0.25, 0.3) is 0 Å². The van der Waals surface area contributed by atoms with Crippen LogP contribution in [0.3, 0.4) is 0 Å². The smallest absolute Gasteiger partial charge is 0.191 e. The van der Waals surface area contributed by atoms with Crippen molar-refractivity contribution in [2.75, 3.05) is 52.9 Å². The second-order valence-corrected chi connectivity index (χ2v) is 44.7. The molecule has 0 bridgehead atoms. The first kappa shape index (κ1) is 63.4. The molecule has 1 N–H and O–H groups in total. The fourth-order valence-corrected chi connectivity index (χ4v) is 10.5. The Morgan fingerprint density at radius 2 is 0.514 bits per heavy atom. The Morgan fingerprint density at radius 1 is 0.306 bits per heavy atom. The summed E-state index contributed by atoms with van der Waals surface area (Å²) in [5.41, 5.74) is 2.44. The van der Waals surface area contributed by atoms with Gasteiger partial charge in [0, 0.05) is 70.3 Å². The molecule has 3 aromatic carbocycles. The molecular formula is C57H100O11Si4. The maximum absolute atomic E-state index is 10.3. The fourth-order valence-electron chi connectivity index (χ4n) is 6.15. The van der Waals surface area contributed by atoms with E-state index in [1.54, 1.807) is 0 Å². The number of hydrogen-bond acceptors (Lipinski definition) is 11. The van der Waals surface area contributed by atoms with Crippen LogP contribution in [0.25, 0.3) is 0 Å². The van der Waals surface area contributed by atoms with Crippen molar-refractivity contribution in [2.45, 2.75) is 201 Å². The minimum absolute atomic E-state index is 0.149. The highest BCUT2D eigenvalue weighted by atomic mass is 28.4. The van der Waals surface area contributed by atoms with Crippen LogP contribution in [-0.4, -0.2) is 91.2 Å². The van der Waals surface area contributed by atoms with E-state index in [1.807, 2.05) is 54.6 Å². The monoisotopic (exact) mass is 1070 g/mol. The summed E-state index contributed by atoms with van der Waals surface area (Å²) in [4.78, 5) is 0. The molecule has 15 heteroatoms. The maximum Gasteiger partial charge on any atom is 0.191 e. The van der Waals surface area contributed by atoms with Gasteiger partial charge in [0.2, 0.25) is 0 Å². The van der Waals surface area contributed by atoms with E-state index in [0.29, 0.717) is 92.9 Å². The van der Waals surface area contributed by atoms with Crippen molar-refractivity contribution >= 4 is 33.3 Å². The van der Waals surface area contributed by atoms with E-state index in [1.165, 1.54) is 0 Å². The van der Waals surface area contributed by atoms with Gasteiger partial charge in [0.1, 0.15) is 47.7 Å². The van der Waals surface area contributed by atoms with Crippen molar-refractivity contribution < 1.29 is 51.2 Å². The zero-order valence-corrected chi connectivity index (χ0v) is 52.8. The molecule has 0 heterocycles. The lowest BCUT2D eigenvalue weighted by Crippen LogP contribution is -2.41. The first-order valence-corrected chi connectivity index (χ1v) is 38.1. The predicted octanol–water partition coefficient (Wildman–Crippen LogP) is 15.5. The van der Waals surface area contributed by atoms with Crippen molar-refractivity contribution in [2.24, 2.45) is 0 Å². The minimum Gasteiger partial charge on any atom is -0.493 e. The summed E-state index contributed by atoms with van der Waals surface area (Å²) in [6.07, 6.45) is 3.10. The molecule has 0 saturated carbocycles. The summed E-state index contributed by atoms with van der Waals surface area (Å²) in [5.74, 6) is 3.96. The van der Waals surface area contributed by atoms with Crippen LogP contribution in [0.1, 0.15) is 125 Å². The van der Waals surface area contributed by atoms with Gasteiger partial charge in [0.05, 0.1) is 33.0 Å². The maximum atomic E-state index is 10.3. The Balaban J connectivity index is 1.76. The molecule has 410 valence electrons. The Kier molecular flexibility index (Phi) is 24.0. The molecule has 0 aromatic heterocycles. The fraction of sp³-hybridized carbons (Fsp3) is 0.684. The van der Waals surface area contributed by atoms with Gasteiger partial charge in [-0.05, 0) is 126 Å². The van der Waals surface area contributed by atoms with Crippen LogP contribution in [0.2, 0.25) is 72.5 Å². The molecule has 0 atom stereocenters. The third-order valence-corrected chi connectivity index (χ3v) is 33.3. The second kappa shape index (κ2) is 27.3. The van der Waals surface area contributed by atoms with Crippen molar-refractivity contribution in [1.82, 2.24) is 0 Å². The number of benzene rings is 3. The van der Waals surface area contributed by atoms with Gasteiger partial charge in [-0.2, -0.15) is 0 Å². The Morgan fingerprint density at radius 3 is 0.722 bits per heavy atom. The highest BCUT2D eigenvalue weighted by molar-refractivity contribution is 6.75. The van der Waals surface area contributed by atoms with E-state index in [9.17, 15) is 5.11 Å². The Labute approximate surface area is 442 Å². The number of ether oxygens (including phenoxy) is 6. The zero-order valence-electron chi connectivity index (χ0n) is 48.8. The summed E-state index contributed by atoms with van der Waals surface area (Å²) in [6, 6.07) is 17.4. The normalized spacial score (nSPS) is 13.3. The lowest BCUT2D eigenvalue weighted by Gasteiger charge is -2.36. The van der Waals surface area contributed by atoms with Crippen LogP contribution in [0.4, 0.5) is 0 Å². The Hall–Kier alpha value is -2.87. The molecule has 0 aliphatic carbocycles. The van der Waals surface area contributed by atoms with Crippen LogP contribution in [-0.2, 0) is 37.5 Å². The largest absolute Gasteiger partial charge is 0.493 e. The molecular weight excluding hydrogens is 973 g/mol. The first-order chi connectivity index (χ1) is 33.1. The average Bonchev–Trinajstić information content (AvgIpc) is 3.25. The minimum atomic E-state index is -1.85. The molecule has 3 rings (SSSR count). The van der Waals surface area contributed by atoms with E-state index >= 15 is 0 Å². The summed E-state index contributed by atoms with van der Waals surface area (Å²) in [6.45, 7) is 50.2. The topological polar surface area (TPSA) is 113 Å². The van der Waals surface area contributed by atoms with E-state index in [0.717, 1.165) is 36.8 Å². The van der Waals surface area contributed by atoms with E-state index in [4.69, 9.17) is 46.1 Å². The van der Waals surface area contributed by atoms with Crippen LogP contribution >= 0.6 is 0 Å². The van der Waals surface area contributed by atoms with Crippen molar-refractivity contribution in [1.29, 1.82) is 0 Å². The Bertz CT molecular complexity index is 1830. The van der Waals surface area contributed by atoms with Crippen molar-refractivity contribution in [3.8, 4) is 34.5 Å². The van der Waals surface area contributed by atoms with Crippen molar-refractivity contribution in [3.05, 3.63) is 71.3 Å². The van der Waals surface area contributed by atoms with E-state index in [2.05, 4.69) is 135 Å². The highest BCUT2D eigenvalue weighted by Gasteiger charge is 2.39. The average molecular weight is 1070 g/mol. The van der Waals surface area contributed by atoms with Crippen LogP contribution in [0.5, 0.6) is 34.5 Å². The predicted molar refractivity (Wildman–Crippen MR) is 307 cm³/mol. The summed E-state index contributed by atoms with van der Waals surface area (Å²) < 4.78 is 63.7. The second-order valence-electron chi connectivity index (χ2n) is 25.4. The molecule has 0 saturated heterocycles. The van der Waals surface area contributed by atoms with E-state index in [-0.39, 0.29) is 40.0 Å². The van der Waals surface area contributed by atoms with Crippen LogP contribution in [0, 0.1) is 0 Å². The SMILES string of the molecule is CC(C)(C)[Si](C)(C)OCCCOc1cc(COc2cc(CO)cc(OCc3cc(OCCCO[Si](C)(C)C(C)(C)C)cc(OCCCO[Si](C)(C)C(C)(C)C)c3)c2)cc(OCCCO[Si](C)(C)C(C)(C)C)c1. The summed E-state index contributed by atoms with van der Waals surface area (Å²) in [7, 11) is -7.40. The molecule has 0 fully saturated rings. The summed E-state index contributed by atoms with van der Waals surface area (Å²) >= 11 is 0. The lowest BCUT2D eigenvalue weighted by molar-refractivity contribution is 0.227. The summed E-state index contributed by atoms with van der Waals surface area (Å²) in [5, 5.41) is 10.9. The molecule has 11 nitrogen and oxygen atoms in total. The first-order valence-electron chi connectivity index (χ1n) is 26.5. The quantitative estimate of drug-likeness (QED) is 0.0491. The molecule has 0 aliphatic rings. The van der Waals surface area contributed by atoms with Gasteiger partial charge < -0.3 is 51.2 Å². The molecule has 0 unspecified atom stereocenters. The number of aliphatic hydroxyl groups is 1. The molecule has 0 spiro atoms. The standard InChI is InChI=1S/C57H100O11Si4/c1-54(2,3)69(13,14)65-29-21-25-59-48-35-46(36-49(39-48)60-26-22-30-66-70(15,16)55(4,5)6)43-63-52-33-45(42-58)34-53(41-52)64-44-47-37-50(61-27-23-31-67-71(17,18)56(7,8)9)40-51(38-47)62-28-24-32-68-72(19,20)57(10,11)12/h33-41,58H,21-32,42-44H2,1-20H3. The molecule has 0 amide bonds. The highest BCUT2D eigenvalue weighted by Crippen LogP contribution is 2.40. The van der Waals surface area contributed by atoms with Crippen LogP contribution in [0.15, 0.2) is 54.6 Å². The zero-order chi connectivity index (χ0) is 54.2. The molecule has 72 heavy (non-hydrogen) atoms. The number of rotatable bonds is 31. The third kappa shape index (κ3) is 21.4. The van der Waals surface area contributed by atoms with E-state index < -0.39 is 33.3 Å². The third-order valence-electron chi connectivity index (χ3n) is 15.1. The van der Waals surface area contributed by atoms with Gasteiger partial charge in [0.15, 0.2) is 33.3 Å². The van der Waals surface area contributed by atoms with Gasteiger partial charge in [-0.25, -0.2) is 0 Å².